The highest BCUT2D eigenvalue weighted by Crippen LogP contribution is 2.31. The van der Waals surface area contributed by atoms with Gasteiger partial charge in [0.15, 0.2) is 17.2 Å². The molecule has 0 saturated heterocycles. The first kappa shape index (κ1) is 13.9. The first-order valence-electron chi connectivity index (χ1n) is 6.15. The predicted octanol–water partition coefficient (Wildman–Crippen LogP) is 3.36. The van der Waals surface area contributed by atoms with E-state index in [0.29, 0.717) is 5.65 Å². The van der Waals surface area contributed by atoms with Gasteiger partial charge in [0.05, 0.1) is 5.56 Å². The minimum atomic E-state index is -4.43. The van der Waals surface area contributed by atoms with Crippen molar-refractivity contribution in [3.63, 3.8) is 0 Å². The molecule has 1 N–H and O–H groups in total. The summed E-state index contributed by atoms with van der Waals surface area (Å²) < 4.78 is 39.7. The van der Waals surface area contributed by atoms with E-state index in [9.17, 15) is 13.2 Å². The van der Waals surface area contributed by atoms with Crippen LogP contribution < -0.4 is 5.32 Å². The third kappa shape index (κ3) is 2.56. The summed E-state index contributed by atoms with van der Waals surface area (Å²) >= 11 is 0. The second-order valence-electron chi connectivity index (χ2n) is 4.45. The number of imidazole rings is 1. The molecule has 8 heteroatoms. The van der Waals surface area contributed by atoms with Crippen LogP contribution in [0.1, 0.15) is 11.3 Å². The van der Waals surface area contributed by atoms with Gasteiger partial charge in [0.1, 0.15) is 6.07 Å². The van der Waals surface area contributed by atoms with Crippen molar-refractivity contribution in [3.8, 4) is 6.07 Å². The van der Waals surface area contributed by atoms with E-state index in [1.54, 1.807) is 10.6 Å². The van der Waals surface area contributed by atoms with Gasteiger partial charge < -0.3 is 9.72 Å². The van der Waals surface area contributed by atoms with Crippen LogP contribution in [0.15, 0.2) is 42.9 Å². The molecule has 0 bridgehead atoms. The van der Waals surface area contributed by atoms with Crippen molar-refractivity contribution >= 4 is 17.2 Å². The summed E-state index contributed by atoms with van der Waals surface area (Å²) in [6, 6.07) is 6.62. The molecule has 0 aliphatic heterocycles. The smallest absolute Gasteiger partial charge is 0.337 e. The van der Waals surface area contributed by atoms with Gasteiger partial charge in [-0.3, -0.25) is 0 Å². The highest BCUT2D eigenvalue weighted by atomic mass is 19.4. The van der Waals surface area contributed by atoms with E-state index in [1.807, 2.05) is 6.07 Å². The van der Waals surface area contributed by atoms with Crippen LogP contribution in [0.5, 0.6) is 0 Å². The summed E-state index contributed by atoms with van der Waals surface area (Å²) in [5, 5.41) is 11.7. The molecule has 5 nitrogen and oxygen atoms in total. The fourth-order valence-corrected chi connectivity index (χ4v) is 1.98. The van der Waals surface area contributed by atoms with Gasteiger partial charge in [-0.15, -0.1) is 0 Å². The van der Waals surface area contributed by atoms with E-state index in [1.165, 1.54) is 24.5 Å². The Labute approximate surface area is 122 Å². The van der Waals surface area contributed by atoms with Crippen LogP contribution in [0.25, 0.3) is 5.65 Å². The van der Waals surface area contributed by atoms with Crippen molar-refractivity contribution in [2.75, 3.05) is 5.32 Å². The quantitative estimate of drug-likeness (QED) is 0.788. The number of aromatic nitrogens is 3. The molecule has 0 aliphatic rings. The summed E-state index contributed by atoms with van der Waals surface area (Å²) in [5.74, 6) is 0.211. The number of fused-ring (bicyclic) bond motifs is 1. The van der Waals surface area contributed by atoms with E-state index < -0.39 is 11.7 Å². The molecule has 110 valence electrons. The number of benzene rings is 1. The van der Waals surface area contributed by atoms with E-state index >= 15 is 0 Å². The Morgan fingerprint density at radius 3 is 2.82 bits per heavy atom. The van der Waals surface area contributed by atoms with E-state index in [-0.39, 0.29) is 17.2 Å². The molecule has 2 aromatic heterocycles. The number of halogens is 3. The minimum absolute atomic E-state index is 0.125. The molecule has 0 aliphatic carbocycles. The number of alkyl halides is 3. The molecule has 1 aromatic carbocycles. The fourth-order valence-electron chi connectivity index (χ4n) is 1.98. The average Bonchev–Trinajstić information content (AvgIpc) is 2.95. The van der Waals surface area contributed by atoms with Crippen LogP contribution in [0, 0.1) is 11.3 Å². The largest absolute Gasteiger partial charge is 0.416 e. The Balaban J connectivity index is 2.03. The highest BCUT2D eigenvalue weighted by molar-refractivity contribution is 5.70. The Bertz CT molecular complexity index is 876. The van der Waals surface area contributed by atoms with Crippen LogP contribution in [0.3, 0.4) is 0 Å². The molecule has 0 atom stereocenters. The van der Waals surface area contributed by atoms with Crippen LogP contribution >= 0.6 is 0 Å². The SMILES string of the molecule is N#Cc1cn2ccnc2c(Nc2cccc(C(F)(F)F)c2)n1. The van der Waals surface area contributed by atoms with Crippen molar-refractivity contribution in [2.45, 2.75) is 6.18 Å². The van der Waals surface area contributed by atoms with Crippen LogP contribution in [-0.2, 0) is 6.18 Å². The summed E-state index contributed by atoms with van der Waals surface area (Å²) in [6.07, 6.45) is 0.187. The van der Waals surface area contributed by atoms with Gasteiger partial charge in [0.25, 0.3) is 0 Å². The zero-order valence-electron chi connectivity index (χ0n) is 11.0. The fraction of sp³-hybridized carbons (Fsp3) is 0.0714. The molecule has 0 radical (unpaired) electrons. The maximum absolute atomic E-state index is 12.7. The molecule has 2 heterocycles. The lowest BCUT2D eigenvalue weighted by Gasteiger charge is -2.11. The van der Waals surface area contributed by atoms with Crippen molar-refractivity contribution in [3.05, 3.63) is 54.1 Å². The summed E-state index contributed by atoms with van der Waals surface area (Å²) in [6.45, 7) is 0. The molecule has 3 aromatic rings. The first-order chi connectivity index (χ1) is 10.5. The highest BCUT2D eigenvalue weighted by Gasteiger charge is 2.30. The molecule has 3 rings (SSSR count). The zero-order valence-corrected chi connectivity index (χ0v) is 11.0. The van der Waals surface area contributed by atoms with Gasteiger partial charge in [0, 0.05) is 24.3 Å². The number of nitrogens with one attached hydrogen (secondary N) is 1. The van der Waals surface area contributed by atoms with E-state index in [0.717, 1.165) is 12.1 Å². The maximum Gasteiger partial charge on any atom is 0.416 e. The second-order valence-corrected chi connectivity index (χ2v) is 4.45. The summed E-state index contributed by atoms with van der Waals surface area (Å²) in [5.41, 5.74) is -0.0213. The monoisotopic (exact) mass is 303 g/mol. The number of hydrogen-bond acceptors (Lipinski definition) is 4. The Kier molecular flexibility index (Phi) is 3.18. The van der Waals surface area contributed by atoms with Crippen molar-refractivity contribution in [1.82, 2.24) is 14.4 Å². The van der Waals surface area contributed by atoms with Crippen LogP contribution in [0.4, 0.5) is 24.7 Å². The standard InChI is InChI=1S/C14H8F3N5/c15-14(16,17)9-2-1-3-10(6-9)20-12-13-19-4-5-22(13)8-11(7-18)21-12/h1-6,8H,(H,20,21). The van der Waals surface area contributed by atoms with Gasteiger partial charge in [-0.05, 0) is 18.2 Å². The van der Waals surface area contributed by atoms with Crippen molar-refractivity contribution in [2.24, 2.45) is 0 Å². The van der Waals surface area contributed by atoms with E-state index in [2.05, 4.69) is 15.3 Å². The lowest BCUT2D eigenvalue weighted by atomic mass is 10.2. The van der Waals surface area contributed by atoms with Gasteiger partial charge in [-0.25, -0.2) is 9.97 Å². The molecule has 0 spiro atoms. The second kappa shape index (κ2) is 5.04. The normalized spacial score (nSPS) is 11.4. The number of nitrogens with zero attached hydrogens (tertiary/aromatic N) is 4. The Morgan fingerprint density at radius 2 is 2.09 bits per heavy atom. The molecule has 0 amide bonds. The van der Waals surface area contributed by atoms with Gasteiger partial charge in [0.2, 0.25) is 0 Å². The van der Waals surface area contributed by atoms with Crippen LogP contribution in [-0.4, -0.2) is 14.4 Å². The molecule has 22 heavy (non-hydrogen) atoms. The number of rotatable bonds is 2. The summed E-state index contributed by atoms with van der Waals surface area (Å²) in [4.78, 5) is 8.11. The maximum atomic E-state index is 12.7. The number of anilines is 2. The minimum Gasteiger partial charge on any atom is -0.337 e. The Hall–Kier alpha value is -3.08. The predicted molar refractivity (Wildman–Crippen MR) is 72.4 cm³/mol. The third-order valence-corrected chi connectivity index (χ3v) is 2.94. The molecular formula is C14H8F3N5. The molecule has 0 fully saturated rings. The Morgan fingerprint density at radius 1 is 1.27 bits per heavy atom. The topological polar surface area (TPSA) is 66.0 Å². The lowest BCUT2D eigenvalue weighted by Crippen LogP contribution is -2.06. The first-order valence-corrected chi connectivity index (χ1v) is 6.15. The number of hydrogen-bond donors (Lipinski definition) is 1. The molecule has 0 saturated carbocycles. The average molecular weight is 303 g/mol. The number of nitriles is 1. The summed E-state index contributed by atoms with van der Waals surface area (Å²) in [7, 11) is 0. The van der Waals surface area contributed by atoms with Gasteiger partial charge in [-0.1, -0.05) is 6.07 Å². The van der Waals surface area contributed by atoms with Gasteiger partial charge in [-0.2, -0.15) is 18.4 Å². The van der Waals surface area contributed by atoms with Crippen molar-refractivity contribution in [1.29, 1.82) is 5.26 Å². The van der Waals surface area contributed by atoms with Gasteiger partial charge >= 0.3 is 6.18 Å². The van der Waals surface area contributed by atoms with Crippen molar-refractivity contribution < 1.29 is 13.2 Å². The third-order valence-electron chi connectivity index (χ3n) is 2.94. The molecular weight excluding hydrogens is 295 g/mol. The lowest BCUT2D eigenvalue weighted by molar-refractivity contribution is -0.137. The van der Waals surface area contributed by atoms with Crippen LogP contribution in [0.2, 0.25) is 0 Å². The zero-order chi connectivity index (χ0) is 15.7. The molecule has 0 unspecified atom stereocenters. The van der Waals surface area contributed by atoms with E-state index in [4.69, 9.17) is 5.26 Å².